The van der Waals surface area contributed by atoms with Crippen LogP contribution in [0.15, 0.2) is 40.9 Å². The molecule has 0 bridgehead atoms. The number of halogens is 1. The molecule has 21 heavy (non-hydrogen) atoms. The molecule has 4 N–H and O–H groups in total. The predicted octanol–water partition coefficient (Wildman–Crippen LogP) is 3.29. The molecule has 0 atom stereocenters. The normalized spacial score (nSPS) is 10.2. The van der Waals surface area contributed by atoms with Gasteiger partial charge in [-0.25, -0.2) is 4.79 Å². The quantitative estimate of drug-likeness (QED) is 0.742. The lowest BCUT2D eigenvalue weighted by molar-refractivity contribution is 0.0698. The summed E-state index contributed by atoms with van der Waals surface area (Å²) in [6.07, 6.45) is 0. The summed E-state index contributed by atoms with van der Waals surface area (Å²) >= 11 is 3.36. The van der Waals surface area contributed by atoms with Crippen molar-refractivity contribution in [1.29, 1.82) is 0 Å². The zero-order valence-corrected chi connectivity index (χ0v) is 12.8. The van der Waals surface area contributed by atoms with Crippen LogP contribution < -0.4 is 11.1 Å². The number of carboxylic acid groups (broad SMARTS) is 1. The molecule has 0 saturated carbocycles. The van der Waals surface area contributed by atoms with Gasteiger partial charge in [0.05, 0.1) is 11.3 Å². The van der Waals surface area contributed by atoms with Crippen LogP contribution in [0.2, 0.25) is 0 Å². The zero-order valence-electron chi connectivity index (χ0n) is 11.2. The maximum absolute atomic E-state index is 12.2. The maximum atomic E-state index is 12.2. The van der Waals surface area contributed by atoms with E-state index in [0.717, 1.165) is 10.0 Å². The van der Waals surface area contributed by atoms with Gasteiger partial charge in [-0.15, -0.1) is 0 Å². The second kappa shape index (κ2) is 5.97. The van der Waals surface area contributed by atoms with Crippen LogP contribution in [0.4, 0.5) is 11.4 Å². The van der Waals surface area contributed by atoms with E-state index < -0.39 is 11.9 Å². The van der Waals surface area contributed by atoms with Crippen molar-refractivity contribution in [1.82, 2.24) is 0 Å². The highest BCUT2D eigenvalue weighted by Crippen LogP contribution is 2.22. The summed E-state index contributed by atoms with van der Waals surface area (Å²) in [5.41, 5.74) is 7.53. The van der Waals surface area contributed by atoms with E-state index in [1.54, 1.807) is 18.2 Å². The van der Waals surface area contributed by atoms with Gasteiger partial charge in [0, 0.05) is 15.7 Å². The van der Waals surface area contributed by atoms with Gasteiger partial charge in [-0.3, -0.25) is 4.79 Å². The van der Waals surface area contributed by atoms with Gasteiger partial charge in [0.25, 0.3) is 5.91 Å². The number of benzene rings is 2. The molecule has 6 heteroatoms. The topological polar surface area (TPSA) is 92.4 Å². The molecule has 108 valence electrons. The number of nitrogens with two attached hydrogens (primary N) is 1. The van der Waals surface area contributed by atoms with Gasteiger partial charge in [-0.2, -0.15) is 0 Å². The third-order valence-corrected chi connectivity index (χ3v) is 3.83. The Labute approximate surface area is 129 Å². The highest BCUT2D eigenvalue weighted by molar-refractivity contribution is 9.10. The van der Waals surface area contributed by atoms with Crippen LogP contribution in [0.1, 0.15) is 26.3 Å². The average Bonchev–Trinajstić information content (AvgIpc) is 2.41. The Bertz CT molecular complexity index is 729. The maximum Gasteiger partial charge on any atom is 0.337 e. The number of hydrogen-bond donors (Lipinski definition) is 3. The number of carbonyl (C=O) groups is 2. The first-order valence-corrected chi connectivity index (χ1v) is 6.88. The van der Waals surface area contributed by atoms with Gasteiger partial charge in [0.1, 0.15) is 0 Å². The Balaban J connectivity index is 2.33. The van der Waals surface area contributed by atoms with Crippen molar-refractivity contribution in [3.63, 3.8) is 0 Å². The number of nitrogens with one attached hydrogen (secondary N) is 1. The van der Waals surface area contributed by atoms with Gasteiger partial charge >= 0.3 is 5.97 Å². The van der Waals surface area contributed by atoms with Crippen molar-refractivity contribution in [2.45, 2.75) is 6.92 Å². The lowest BCUT2D eigenvalue weighted by atomic mass is 10.1. The van der Waals surface area contributed by atoms with Crippen molar-refractivity contribution >= 4 is 39.2 Å². The van der Waals surface area contributed by atoms with Crippen LogP contribution in [-0.4, -0.2) is 17.0 Å². The molecule has 2 aromatic rings. The van der Waals surface area contributed by atoms with Crippen LogP contribution in [0.3, 0.4) is 0 Å². The van der Waals surface area contributed by atoms with Crippen LogP contribution in [-0.2, 0) is 0 Å². The number of anilines is 2. The van der Waals surface area contributed by atoms with E-state index in [4.69, 9.17) is 10.8 Å². The Morgan fingerprint density at radius 1 is 1.19 bits per heavy atom. The highest BCUT2D eigenvalue weighted by Gasteiger charge is 2.14. The molecule has 0 aliphatic rings. The lowest BCUT2D eigenvalue weighted by Gasteiger charge is -2.10. The van der Waals surface area contributed by atoms with Crippen LogP contribution in [0.5, 0.6) is 0 Å². The third kappa shape index (κ3) is 3.41. The van der Waals surface area contributed by atoms with Crippen molar-refractivity contribution in [3.8, 4) is 0 Å². The van der Waals surface area contributed by atoms with Crippen molar-refractivity contribution < 1.29 is 14.7 Å². The second-order valence-electron chi connectivity index (χ2n) is 4.53. The van der Waals surface area contributed by atoms with E-state index in [-0.39, 0.29) is 11.3 Å². The SMILES string of the molecule is Cc1cc(C(=O)Nc2cc(N)ccc2C(=O)O)ccc1Br. The highest BCUT2D eigenvalue weighted by atomic mass is 79.9. The summed E-state index contributed by atoms with van der Waals surface area (Å²) in [7, 11) is 0. The Hall–Kier alpha value is -2.34. The Morgan fingerprint density at radius 3 is 2.52 bits per heavy atom. The van der Waals surface area contributed by atoms with Gasteiger partial charge in [0.2, 0.25) is 0 Å². The standard InChI is InChI=1S/C15H13BrN2O3/c1-8-6-9(2-5-12(8)16)14(19)18-13-7-10(17)3-4-11(13)15(20)21/h2-7H,17H2,1H3,(H,18,19)(H,20,21). The van der Waals surface area contributed by atoms with Gasteiger partial charge in [-0.05, 0) is 48.9 Å². The number of carbonyl (C=O) groups excluding carboxylic acids is 1. The molecular weight excluding hydrogens is 336 g/mol. The van der Waals surface area contributed by atoms with Gasteiger partial charge in [-0.1, -0.05) is 15.9 Å². The fourth-order valence-electron chi connectivity index (χ4n) is 1.83. The molecular formula is C15H13BrN2O3. The monoisotopic (exact) mass is 348 g/mol. The summed E-state index contributed by atoms with van der Waals surface area (Å²) in [5, 5.41) is 11.7. The Kier molecular flexibility index (Phi) is 4.28. The fraction of sp³-hybridized carbons (Fsp3) is 0.0667. The molecule has 0 heterocycles. The summed E-state index contributed by atoms with van der Waals surface area (Å²) in [6, 6.07) is 9.39. The summed E-state index contributed by atoms with van der Waals surface area (Å²) < 4.78 is 0.897. The zero-order chi connectivity index (χ0) is 15.6. The predicted molar refractivity (Wildman–Crippen MR) is 84.6 cm³/mol. The summed E-state index contributed by atoms with van der Waals surface area (Å²) in [4.78, 5) is 23.4. The van der Waals surface area contributed by atoms with Crippen molar-refractivity contribution in [2.75, 3.05) is 11.1 Å². The summed E-state index contributed by atoms with van der Waals surface area (Å²) in [5.74, 6) is -1.52. The minimum atomic E-state index is -1.13. The number of rotatable bonds is 3. The van der Waals surface area contributed by atoms with Gasteiger partial charge in [0.15, 0.2) is 0 Å². The minimum Gasteiger partial charge on any atom is -0.478 e. The molecule has 0 spiro atoms. The third-order valence-electron chi connectivity index (χ3n) is 2.94. The lowest BCUT2D eigenvalue weighted by Crippen LogP contribution is -2.15. The number of hydrogen-bond acceptors (Lipinski definition) is 3. The van der Waals surface area contributed by atoms with Crippen molar-refractivity contribution in [3.05, 3.63) is 57.6 Å². The number of aromatic carboxylic acids is 1. The van der Waals surface area contributed by atoms with E-state index in [0.29, 0.717) is 11.3 Å². The molecule has 5 nitrogen and oxygen atoms in total. The van der Waals surface area contributed by atoms with Crippen LogP contribution in [0.25, 0.3) is 0 Å². The number of nitrogen functional groups attached to an aromatic ring is 1. The van der Waals surface area contributed by atoms with E-state index >= 15 is 0 Å². The first-order chi connectivity index (χ1) is 9.88. The fourth-order valence-corrected chi connectivity index (χ4v) is 2.08. The van der Waals surface area contributed by atoms with E-state index in [2.05, 4.69) is 21.2 Å². The largest absolute Gasteiger partial charge is 0.478 e. The van der Waals surface area contributed by atoms with Crippen molar-refractivity contribution in [2.24, 2.45) is 0 Å². The molecule has 1 amide bonds. The molecule has 0 radical (unpaired) electrons. The minimum absolute atomic E-state index is 0.00798. The van der Waals surface area contributed by atoms with Gasteiger partial charge < -0.3 is 16.2 Å². The Morgan fingerprint density at radius 2 is 1.90 bits per heavy atom. The van der Waals surface area contributed by atoms with E-state index in [9.17, 15) is 9.59 Å². The molecule has 2 aromatic carbocycles. The second-order valence-corrected chi connectivity index (χ2v) is 5.38. The first kappa shape index (κ1) is 15.1. The average molecular weight is 349 g/mol. The molecule has 0 unspecified atom stereocenters. The molecule has 0 aromatic heterocycles. The molecule has 0 aliphatic heterocycles. The van der Waals surface area contributed by atoms with E-state index in [1.165, 1.54) is 18.2 Å². The smallest absolute Gasteiger partial charge is 0.337 e. The van der Waals surface area contributed by atoms with E-state index in [1.807, 2.05) is 6.92 Å². The number of carboxylic acids is 1. The first-order valence-electron chi connectivity index (χ1n) is 6.09. The molecule has 0 saturated heterocycles. The summed E-state index contributed by atoms with van der Waals surface area (Å²) in [6.45, 7) is 1.87. The molecule has 2 rings (SSSR count). The number of aryl methyl sites for hydroxylation is 1. The molecule has 0 aliphatic carbocycles. The molecule has 0 fully saturated rings. The number of amides is 1. The van der Waals surface area contributed by atoms with Crippen LogP contribution >= 0.6 is 15.9 Å². The van der Waals surface area contributed by atoms with Crippen LogP contribution in [0, 0.1) is 6.92 Å².